The molecule has 1 fully saturated rings. The Bertz CT molecular complexity index is 942. The second kappa shape index (κ2) is 7.81. The van der Waals surface area contributed by atoms with Crippen LogP contribution in [0.2, 0.25) is 0 Å². The lowest BCUT2D eigenvalue weighted by Crippen LogP contribution is -2.31. The van der Waals surface area contributed by atoms with Gasteiger partial charge in [-0.3, -0.25) is 14.5 Å². The summed E-state index contributed by atoms with van der Waals surface area (Å²) in [6.07, 6.45) is 2.60. The molecule has 2 amide bonds. The first-order valence-electron chi connectivity index (χ1n) is 10.1. The lowest BCUT2D eigenvalue weighted by molar-refractivity contribution is -0.131. The van der Waals surface area contributed by atoms with E-state index in [1.165, 1.54) is 0 Å². The Kier molecular flexibility index (Phi) is 5.22. The highest BCUT2D eigenvalue weighted by molar-refractivity contribution is 6.00. The largest absolute Gasteiger partial charge is 0.497 e. The Morgan fingerprint density at radius 2 is 2.00 bits per heavy atom. The van der Waals surface area contributed by atoms with Crippen molar-refractivity contribution in [1.29, 1.82) is 0 Å². The molecule has 2 aromatic rings. The summed E-state index contributed by atoms with van der Waals surface area (Å²) in [6.45, 7) is 5.00. The second-order valence-corrected chi connectivity index (χ2v) is 7.57. The van der Waals surface area contributed by atoms with E-state index < -0.39 is 0 Å². The van der Waals surface area contributed by atoms with Gasteiger partial charge in [0.05, 0.1) is 26.1 Å². The Labute approximate surface area is 170 Å². The number of benzene rings is 1. The van der Waals surface area contributed by atoms with Gasteiger partial charge in [0.15, 0.2) is 5.82 Å². The van der Waals surface area contributed by atoms with Gasteiger partial charge < -0.3 is 9.64 Å². The third kappa shape index (κ3) is 3.57. The van der Waals surface area contributed by atoms with Gasteiger partial charge in [-0.15, -0.1) is 0 Å². The minimum absolute atomic E-state index is 0.0262. The van der Waals surface area contributed by atoms with Crippen LogP contribution in [0.3, 0.4) is 0 Å². The van der Waals surface area contributed by atoms with Crippen LogP contribution in [0, 0.1) is 6.92 Å². The zero-order valence-electron chi connectivity index (χ0n) is 17.1. The highest BCUT2D eigenvalue weighted by Gasteiger charge is 2.36. The lowest BCUT2D eigenvalue weighted by Gasteiger charge is -2.25. The summed E-state index contributed by atoms with van der Waals surface area (Å²) in [5.41, 5.74) is 2.72. The summed E-state index contributed by atoms with van der Waals surface area (Å²) < 4.78 is 5.21. The predicted molar refractivity (Wildman–Crippen MR) is 109 cm³/mol. The summed E-state index contributed by atoms with van der Waals surface area (Å²) in [5.74, 6) is 2.27. The van der Waals surface area contributed by atoms with Gasteiger partial charge in [0.1, 0.15) is 11.6 Å². The molecule has 0 spiro atoms. The zero-order valence-corrected chi connectivity index (χ0v) is 17.1. The van der Waals surface area contributed by atoms with Crippen LogP contribution in [0.4, 0.5) is 5.82 Å². The molecule has 4 rings (SSSR count). The maximum absolute atomic E-state index is 12.7. The smallest absolute Gasteiger partial charge is 0.233 e. The number of likely N-dealkylation sites (tertiary alicyclic amines) is 1. The Balaban J connectivity index is 1.65. The number of nitrogens with zero attached hydrogens (tertiary/aromatic N) is 4. The average molecular weight is 394 g/mol. The van der Waals surface area contributed by atoms with Gasteiger partial charge in [0.25, 0.3) is 0 Å². The minimum Gasteiger partial charge on any atom is -0.497 e. The first-order chi connectivity index (χ1) is 14.0. The molecule has 3 heterocycles. The summed E-state index contributed by atoms with van der Waals surface area (Å²) in [6, 6.07) is 7.58. The van der Waals surface area contributed by atoms with Crippen molar-refractivity contribution in [2.75, 3.05) is 18.6 Å². The molecule has 0 saturated carbocycles. The number of methoxy groups -OCH3 is 1. The summed E-state index contributed by atoms with van der Waals surface area (Å²) in [7, 11) is 1.63. The molecule has 7 heteroatoms. The quantitative estimate of drug-likeness (QED) is 0.779. The van der Waals surface area contributed by atoms with Crippen LogP contribution < -0.4 is 9.64 Å². The lowest BCUT2D eigenvalue weighted by atomic mass is 10.1. The monoisotopic (exact) mass is 394 g/mol. The summed E-state index contributed by atoms with van der Waals surface area (Å²) >= 11 is 0. The number of amides is 2. The van der Waals surface area contributed by atoms with Crippen LogP contribution >= 0.6 is 0 Å². The highest BCUT2D eigenvalue weighted by atomic mass is 16.5. The SMILES string of the molecule is CCC(=O)N1CCC[C@H]1c1nc(C)c2c(n1)N(Cc1ccc(OC)cc1)C(=O)C2. The van der Waals surface area contributed by atoms with Crippen molar-refractivity contribution in [1.82, 2.24) is 14.9 Å². The fourth-order valence-corrected chi connectivity index (χ4v) is 4.16. The molecule has 1 saturated heterocycles. The molecule has 0 unspecified atom stereocenters. The summed E-state index contributed by atoms with van der Waals surface area (Å²) in [5, 5.41) is 0. The molecule has 0 N–H and O–H groups in total. The van der Waals surface area contributed by atoms with Gasteiger partial charge in [0.2, 0.25) is 11.8 Å². The van der Waals surface area contributed by atoms with Crippen molar-refractivity contribution in [2.24, 2.45) is 0 Å². The van der Waals surface area contributed by atoms with E-state index in [2.05, 4.69) is 0 Å². The number of aromatic nitrogens is 2. The van der Waals surface area contributed by atoms with Gasteiger partial charge in [-0.2, -0.15) is 0 Å². The van der Waals surface area contributed by atoms with Crippen LogP contribution in [-0.4, -0.2) is 40.3 Å². The van der Waals surface area contributed by atoms with E-state index in [0.717, 1.165) is 42.0 Å². The number of aryl methyl sites for hydroxylation is 1. The number of rotatable bonds is 5. The predicted octanol–water partition coefficient (Wildman–Crippen LogP) is 2.96. The van der Waals surface area contributed by atoms with Crippen LogP contribution in [0.15, 0.2) is 24.3 Å². The van der Waals surface area contributed by atoms with Crippen molar-refractivity contribution < 1.29 is 14.3 Å². The number of carbonyl (C=O) groups is 2. The molecule has 7 nitrogen and oxygen atoms in total. The van der Waals surface area contributed by atoms with E-state index >= 15 is 0 Å². The third-order valence-corrected chi connectivity index (χ3v) is 5.77. The molecule has 0 aliphatic carbocycles. The van der Waals surface area contributed by atoms with Crippen LogP contribution in [0.5, 0.6) is 5.75 Å². The topological polar surface area (TPSA) is 75.6 Å². The fourth-order valence-electron chi connectivity index (χ4n) is 4.16. The molecule has 0 bridgehead atoms. The maximum Gasteiger partial charge on any atom is 0.233 e. The molecule has 0 radical (unpaired) electrons. The number of ether oxygens (including phenoxy) is 1. The first kappa shape index (κ1) is 19.4. The van der Waals surface area contributed by atoms with Crippen molar-refractivity contribution >= 4 is 17.6 Å². The number of hydrogen-bond acceptors (Lipinski definition) is 5. The number of carbonyl (C=O) groups excluding carboxylic acids is 2. The first-order valence-corrected chi connectivity index (χ1v) is 10.1. The Morgan fingerprint density at radius 3 is 2.69 bits per heavy atom. The summed E-state index contributed by atoms with van der Waals surface area (Å²) in [4.78, 5) is 38.2. The van der Waals surface area contributed by atoms with E-state index in [0.29, 0.717) is 31.0 Å². The van der Waals surface area contributed by atoms with E-state index in [1.54, 1.807) is 12.0 Å². The Hall–Kier alpha value is -2.96. The molecule has 2 aliphatic heterocycles. The van der Waals surface area contributed by atoms with E-state index in [-0.39, 0.29) is 17.9 Å². The average Bonchev–Trinajstić information content (AvgIpc) is 3.34. The molecule has 29 heavy (non-hydrogen) atoms. The minimum atomic E-state index is -0.106. The second-order valence-electron chi connectivity index (χ2n) is 7.57. The third-order valence-electron chi connectivity index (χ3n) is 5.77. The maximum atomic E-state index is 12.7. The van der Waals surface area contributed by atoms with Gasteiger partial charge >= 0.3 is 0 Å². The van der Waals surface area contributed by atoms with E-state index in [1.807, 2.05) is 43.0 Å². The normalized spacial score (nSPS) is 18.3. The van der Waals surface area contributed by atoms with Crippen molar-refractivity contribution in [3.63, 3.8) is 0 Å². The standard InChI is InChI=1S/C22H26N4O3/c1-4-19(27)25-11-5-6-18(25)21-23-14(2)17-12-20(28)26(22(17)24-21)13-15-7-9-16(29-3)10-8-15/h7-10,18H,4-6,11-13H2,1-3H3/t18-/m0/s1. The molecular formula is C22H26N4O3. The van der Waals surface area contributed by atoms with Gasteiger partial charge in [-0.25, -0.2) is 9.97 Å². The van der Waals surface area contributed by atoms with Crippen LogP contribution in [-0.2, 0) is 22.6 Å². The number of fused-ring (bicyclic) bond motifs is 1. The molecule has 152 valence electrons. The Morgan fingerprint density at radius 1 is 1.24 bits per heavy atom. The fraction of sp³-hybridized carbons (Fsp3) is 0.455. The van der Waals surface area contributed by atoms with Crippen molar-refractivity contribution in [3.8, 4) is 5.75 Å². The molecule has 1 atom stereocenters. The van der Waals surface area contributed by atoms with Gasteiger partial charge in [-0.05, 0) is 37.5 Å². The van der Waals surface area contributed by atoms with Gasteiger partial charge in [0, 0.05) is 24.2 Å². The number of anilines is 1. The van der Waals surface area contributed by atoms with E-state index in [9.17, 15) is 9.59 Å². The zero-order chi connectivity index (χ0) is 20.5. The molecule has 1 aromatic heterocycles. The molecular weight excluding hydrogens is 368 g/mol. The van der Waals surface area contributed by atoms with Crippen LogP contribution in [0.1, 0.15) is 54.9 Å². The van der Waals surface area contributed by atoms with Gasteiger partial charge in [-0.1, -0.05) is 19.1 Å². The van der Waals surface area contributed by atoms with Crippen molar-refractivity contribution in [3.05, 3.63) is 46.9 Å². The highest BCUT2D eigenvalue weighted by Crippen LogP contribution is 2.35. The van der Waals surface area contributed by atoms with Crippen molar-refractivity contribution in [2.45, 2.75) is 52.1 Å². The van der Waals surface area contributed by atoms with E-state index in [4.69, 9.17) is 14.7 Å². The molecule has 1 aromatic carbocycles. The number of hydrogen-bond donors (Lipinski definition) is 0. The van der Waals surface area contributed by atoms with Crippen LogP contribution in [0.25, 0.3) is 0 Å². The molecule has 2 aliphatic rings.